The third kappa shape index (κ3) is 3.22. The first-order valence-electron chi connectivity index (χ1n) is 13.2. The van der Waals surface area contributed by atoms with Crippen LogP contribution in [0.4, 0.5) is 11.4 Å². The van der Waals surface area contributed by atoms with Crippen molar-refractivity contribution < 1.29 is 0 Å². The molecular formula is C35H37N. The second-order valence-electron chi connectivity index (χ2n) is 12.9. The maximum Gasteiger partial charge on any atom is 0.0469 e. The van der Waals surface area contributed by atoms with Crippen LogP contribution in [-0.2, 0) is 16.2 Å². The van der Waals surface area contributed by atoms with Crippen molar-refractivity contribution in [2.75, 3.05) is 5.32 Å². The summed E-state index contributed by atoms with van der Waals surface area (Å²) in [6.45, 7) is 18.6. The molecule has 0 fully saturated rings. The second-order valence-corrected chi connectivity index (χ2v) is 12.9. The average Bonchev–Trinajstić information content (AvgIpc) is 3.18. The topological polar surface area (TPSA) is 12.0 Å². The molecule has 0 saturated carbocycles. The van der Waals surface area contributed by atoms with E-state index in [1.54, 1.807) is 0 Å². The summed E-state index contributed by atoms with van der Waals surface area (Å²) < 4.78 is 0. The molecule has 0 unspecified atom stereocenters. The molecule has 4 aromatic rings. The number of benzene rings is 4. The Morgan fingerprint density at radius 1 is 0.611 bits per heavy atom. The Balaban J connectivity index is 1.47. The lowest BCUT2D eigenvalue weighted by Crippen LogP contribution is -2.17. The van der Waals surface area contributed by atoms with Gasteiger partial charge in [-0.1, -0.05) is 103 Å². The number of rotatable bonds is 2. The molecule has 0 bridgehead atoms. The van der Waals surface area contributed by atoms with E-state index in [9.17, 15) is 0 Å². The molecule has 1 N–H and O–H groups in total. The molecule has 0 heterocycles. The minimum atomic E-state index is -0.0318. The molecule has 0 spiro atoms. The summed E-state index contributed by atoms with van der Waals surface area (Å²) in [5.74, 6) is 0. The molecule has 1 nitrogen and oxygen atoms in total. The first kappa shape index (κ1) is 23.1. The lowest BCUT2D eigenvalue weighted by atomic mass is 9.79. The molecule has 182 valence electrons. The molecule has 2 aliphatic carbocycles. The molecular weight excluding hydrogens is 434 g/mol. The molecule has 0 amide bonds. The molecule has 0 saturated heterocycles. The van der Waals surface area contributed by atoms with Gasteiger partial charge < -0.3 is 5.32 Å². The van der Waals surface area contributed by atoms with Gasteiger partial charge in [0.1, 0.15) is 0 Å². The lowest BCUT2D eigenvalue weighted by molar-refractivity contribution is 0.584. The molecule has 1 heteroatoms. The third-order valence-electron chi connectivity index (χ3n) is 8.65. The summed E-state index contributed by atoms with van der Waals surface area (Å²) in [7, 11) is 0. The van der Waals surface area contributed by atoms with Crippen molar-refractivity contribution in [1.29, 1.82) is 0 Å². The number of nitrogens with one attached hydrogen (secondary N) is 1. The molecule has 2 aliphatic rings. The standard InChI is InChI=1S/C35H37N/c1-21-17-30-32(26-15-13-22(33(2,3)4)19-28(26)35(30,7)8)31(18-21)36-23-14-16-25-24-11-9-10-12-27(24)34(5,6)29(25)20-23/h9-20,36H,1-8H3. The number of aryl methyl sites for hydroxylation is 1. The summed E-state index contributed by atoms with van der Waals surface area (Å²) in [6, 6.07) is 27.6. The molecule has 0 atom stereocenters. The second kappa shape index (κ2) is 7.35. The maximum absolute atomic E-state index is 3.86. The van der Waals surface area contributed by atoms with Gasteiger partial charge >= 0.3 is 0 Å². The van der Waals surface area contributed by atoms with Crippen LogP contribution >= 0.6 is 0 Å². The highest BCUT2D eigenvalue weighted by molar-refractivity contribution is 5.92. The van der Waals surface area contributed by atoms with Gasteiger partial charge in [-0.3, -0.25) is 0 Å². The van der Waals surface area contributed by atoms with Crippen LogP contribution in [-0.4, -0.2) is 0 Å². The minimum absolute atomic E-state index is 0.00385. The van der Waals surface area contributed by atoms with Crippen LogP contribution in [0.2, 0.25) is 0 Å². The first-order chi connectivity index (χ1) is 16.9. The number of hydrogen-bond acceptors (Lipinski definition) is 1. The molecule has 0 aromatic heterocycles. The van der Waals surface area contributed by atoms with Crippen LogP contribution in [0.25, 0.3) is 22.3 Å². The van der Waals surface area contributed by atoms with Crippen molar-refractivity contribution in [2.45, 2.75) is 71.6 Å². The van der Waals surface area contributed by atoms with Gasteiger partial charge in [0, 0.05) is 27.8 Å². The average molecular weight is 472 g/mol. The molecule has 0 radical (unpaired) electrons. The van der Waals surface area contributed by atoms with E-state index in [2.05, 4.69) is 134 Å². The van der Waals surface area contributed by atoms with Crippen molar-refractivity contribution in [1.82, 2.24) is 0 Å². The fourth-order valence-electron chi connectivity index (χ4n) is 6.50. The fourth-order valence-corrected chi connectivity index (χ4v) is 6.50. The summed E-state index contributed by atoms with van der Waals surface area (Å²) in [5, 5.41) is 3.86. The number of fused-ring (bicyclic) bond motifs is 6. The van der Waals surface area contributed by atoms with E-state index in [0.29, 0.717) is 0 Å². The highest BCUT2D eigenvalue weighted by Crippen LogP contribution is 2.54. The smallest absolute Gasteiger partial charge is 0.0469 e. The fraction of sp³-hybridized carbons (Fsp3) is 0.314. The largest absolute Gasteiger partial charge is 0.355 e. The number of hydrogen-bond donors (Lipinski definition) is 1. The minimum Gasteiger partial charge on any atom is -0.355 e. The predicted molar refractivity (Wildman–Crippen MR) is 155 cm³/mol. The monoisotopic (exact) mass is 471 g/mol. The van der Waals surface area contributed by atoms with Crippen molar-refractivity contribution >= 4 is 11.4 Å². The summed E-state index contributed by atoms with van der Waals surface area (Å²) in [5.41, 5.74) is 16.2. The highest BCUT2D eigenvalue weighted by Gasteiger charge is 2.38. The van der Waals surface area contributed by atoms with Gasteiger partial charge in [-0.25, -0.2) is 0 Å². The van der Waals surface area contributed by atoms with Crippen molar-refractivity contribution in [3.63, 3.8) is 0 Å². The van der Waals surface area contributed by atoms with Crippen molar-refractivity contribution in [3.8, 4) is 22.3 Å². The normalized spacial score (nSPS) is 16.2. The first-order valence-corrected chi connectivity index (χ1v) is 13.2. The van der Waals surface area contributed by atoms with Gasteiger partial charge in [0.2, 0.25) is 0 Å². The maximum atomic E-state index is 3.86. The zero-order chi connectivity index (χ0) is 25.6. The van der Waals surface area contributed by atoms with Gasteiger partial charge in [-0.2, -0.15) is 0 Å². The Kier molecular flexibility index (Phi) is 4.72. The van der Waals surface area contributed by atoms with Gasteiger partial charge in [0.15, 0.2) is 0 Å². The van der Waals surface area contributed by atoms with Crippen LogP contribution in [0, 0.1) is 6.92 Å². The van der Waals surface area contributed by atoms with E-state index in [0.717, 1.165) is 5.69 Å². The summed E-state index contributed by atoms with van der Waals surface area (Å²) in [6.07, 6.45) is 0. The molecule has 0 aliphatic heterocycles. The quantitative estimate of drug-likeness (QED) is 0.307. The zero-order valence-corrected chi connectivity index (χ0v) is 22.9. The van der Waals surface area contributed by atoms with Gasteiger partial charge in [-0.05, 0) is 80.6 Å². The van der Waals surface area contributed by atoms with E-state index in [-0.39, 0.29) is 16.2 Å². The van der Waals surface area contributed by atoms with Crippen molar-refractivity contribution in [3.05, 3.63) is 106 Å². The van der Waals surface area contributed by atoms with Gasteiger partial charge in [-0.15, -0.1) is 0 Å². The molecule has 4 aromatic carbocycles. The highest BCUT2D eigenvalue weighted by atomic mass is 14.9. The predicted octanol–water partition coefficient (Wildman–Crippen LogP) is 9.65. The van der Waals surface area contributed by atoms with Gasteiger partial charge in [0.25, 0.3) is 0 Å². The van der Waals surface area contributed by atoms with Crippen LogP contribution in [0.15, 0.2) is 72.8 Å². The lowest BCUT2D eigenvalue weighted by Gasteiger charge is -2.25. The van der Waals surface area contributed by atoms with E-state index >= 15 is 0 Å². The van der Waals surface area contributed by atoms with E-state index in [4.69, 9.17) is 0 Å². The van der Waals surface area contributed by atoms with E-state index in [1.165, 1.54) is 61.3 Å². The summed E-state index contributed by atoms with van der Waals surface area (Å²) in [4.78, 5) is 0. The Labute approximate surface area is 216 Å². The molecule has 6 rings (SSSR count). The van der Waals surface area contributed by atoms with Crippen molar-refractivity contribution in [2.24, 2.45) is 0 Å². The van der Waals surface area contributed by atoms with Crippen LogP contribution in [0.5, 0.6) is 0 Å². The van der Waals surface area contributed by atoms with Crippen LogP contribution in [0.1, 0.15) is 81.8 Å². The summed E-state index contributed by atoms with van der Waals surface area (Å²) >= 11 is 0. The van der Waals surface area contributed by atoms with E-state index in [1.807, 2.05) is 0 Å². The van der Waals surface area contributed by atoms with Crippen LogP contribution < -0.4 is 5.32 Å². The Hall–Kier alpha value is -3.32. The Morgan fingerprint density at radius 2 is 1.25 bits per heavy atom. The van der Waals surface area contributed by atoms with E-state index < -0.39 is 0 Å². The molecule has 36 heavy (non-hydrogen) atoms. The SMILES string of the molecule is Cc1cc(Nc2ccc3c(c2)C(C)(C)c2ccccc2-3)c2c(c1)C(C)(C)c1cc(C(C)(C)C)ccc1-2. The van der Waals surface area contributed by atoms with Crippen LogP contribution in [0.3, 0.4) is 0 Å². The Bertz CT molecular complexity index is 1540. The zero-order valence-electron chi connectivity index (χ0n) is 22.9. The van der Waals surface area contributed by atoms with Gasteiger partial charge in [0.05, 0.1) is 0 Å². The Morgan fingerprint density at radius 3 is 2.00 bits per heavy atom. The number of anilines is 2. The third-order valence-corrected chi connectivity index (χ3v) is 8.65.